The quantitative estimate of drug-likeness (QED) is 0.234. The van der Waals surface area contributed by atoms with Crippen molar-refractivity contribution in [3.05, 3.63) is 88.0 Å². The van der Waals surface area contributed by atoms with E-state index < -0.39 is 0 Å². The highest BCUT2D eigenvalue weighted by molar-refractivity contribution is 7.99. The number of hydrogen-bond donors (Lipinski definition) is 2. The van der Waals surface area contributed by atoms with Crippen LogP contribution in [0, 0.1) is 13.8 Å². The molecule has 0 atom stereocenters. The maximum Gasteiger partial charge on any atom is 0.234 e. The molecule has 0 aliphatic heterocycles. The van der Waals surface area contributed by atoms with E-state index in [1.54, 1.807) is 0 Å². The SMILES string of the molecule is Cc1cc(C)c(NC(=O)CSc2nnc(-c3c[nH]c4ccccc34)n2-c2ccc(Cl)cc2)c(Cl)c1. The van der Waals surface area contributed by atoms with Crippen molar-refractivity contribution in [1.29, 1.82) is 0 Å². The molecule has 5 rings (SSSR count). The molecule has 35 heavy (non-hydrogen) atoms. The van der Waals surface area contributed by atoms with Gasteiger partial charge in [-0.1, -0.05) is 59.2 Å². The lowest BCUT2D eigenvalue weighted by Crippen LogP contribution is -2.16. The number of nitrogens with zero attached hydrogens (tertiary/aromatic N) is 3. The summed E-state index contributed by atoms with van der Waals surface area (Å²) in [7, 11) is 0. The Labute approximate surface area is 216 Å². The van der Waals surface area contributed by atoms with Gasteiger partial charge in [0.25, 0.3) is 0 Å². The third kappa shape index (κ3) is 4.80. The lowest BCUT2D eigenvalue weighted by Gasteiger charge is -2.12. The number of hydrogen-bond acceptors (Lipinski definition) is 4. The first-order valence-corrected chi connectivity index (χ1v) is 12.6. The summed E-state index contributed by atoms with van der Waals surface area (Å²) in [6, 6.07) is 19.3. The highest BCUT2D eigenvalue weighted by atomic mass is 35.5. The van der Waals surface area contributed by atoms with Gasteiger partial charge < -0.3 is 10.3 Å². The Morgan fingerprint density at radius 2 is 1.83 bits per heavy atom. The van der Waals surface area contributed by atoms with E-state index in [1.165, 1.54) is 11.8 Å². The number of aromatic nitrogens is 4. The number of aromatic amines is 1. The van der Waals surface area contributed by atoms with Crippen molar-refractivity contribution in [3.63, 3.8) is 0 Å². The Morgan fingerprint density at radius 1 is 1.06 bits per heavy atom. The Morgan fingerprint density at radius 3 is 2.60 bits per heavy atom. The molecule has 0 saturated carbocycles. The number of carbonyl (C=O) groups is 1. The third-order valence-corrected chi connectivity index (χ3v) is 7.06. The van der Waals surface area contributed by atoms with Crippen LogP contribution in [0.4, 0.5) is 5.69 Å². The second-order valence-corrected chi connectivity index (χ2v) is 9.93. The van der Waals surface area contributed by atoms with Gasteiger partial charge in [-0.15, -0.1) is 10.2 Å². The minimum atomic E-state index is -0.178. The van der Waals surface area contributed by atoms with E-state index in [-0.39, 0.29) is 11.7 Å². The number of rotatable bonds is 6. The van der Waals surface area contributed by atoms with Gasteiger partial charge in [-0.3, -0.25) is 9.36 Å². The van der Waals surface area contributed by atoms with Gasteiger partial charge in [0.2, 0.25) is 5.91 Å². The van der Waals surface area contributed by atoms with E-state index in [1.807, 2.05) is 85.3 Å². The molecule has 3 aromatic carbocycles. The smallest absolute Gasteiger partial charge is 0.234 e. The first kappa shape index (κ1) is 23.5. The van der Waals surface area contributed by atoms with Gasteiger partial charge in [-0.2, -0.15) is 0 Å². The fourth-order valence-corrected chi connectivity index (χ4v) is 5.24. The molecule has 0 fully saturated rings. The first-order valence-electron chi connectivity index (χ1n) is 10.9. The van der Waals surface area contributed by atoms with Gasteiger partial charge >= 0.3 is 0 Å². The fourth-order valence-electron chi connectivity index (χ4n) is 4.00. The maximum atomic E-state index is 12.8. The van der Waals surface area contributed by atoms with Gasteiger partial charge in [0.15, 0.2) is 11.0 Å². The minimum Gasteiger partial charge on any atom is -0.360 e. The molecular formula is C26H21Cl2N5OS. The fraction of sp³-hybridized carbons (Fsp3) is 0.115. The number of thioether (sulfide) groups is 1. The molecule has 5 aromatic rings. The van der Waals surface area contributed by atoms with Crippen LogP contribution in [0.2, 0.25) is 10.0 Å². The minimum absolute atomic E-state index is 0.142. The van der Waals surface area contributed by atoms with Crippen LogP contribution in [0.3, 0.4) is 0 Å². The second-order valence-electron chi connectivity index (χ2n) is 8.14. The molecule has 2 N–H and O–H groups in total. The summed E-state index contributed by atoms with van der Waals surface area (Å²) in [4.78, 5) is 16.1. The molecular weight excluding hydrogens is 501 g/mol. The average molecular weight is 522 g/mol. The predicted octanol–water partition coefficient (Wildman–Crippen LogP) is 7.07. The Kier molecular flexibility index (Phi) is 6.56. The van der Waals surface area contributed by atoms with Crippen LogP contribution in [-0.2, 0) is 4.79 Å². The number of amides is 1. The number of H-pyrrole nitrogens is 1. The molecule has 0 spiro atoms. The van der Waals surface area contributed by atoms with Crippen molar-refractivity contribution >= 4 is 57.5 Å². The van der Waals surface area contributed by atoms with Crippen molar-refractivity contribution in [2.24, 2.45) is 0 Å². The largest absolute Gasteiger partial charge is 0.360 e. The zero-order chi connectivity index (χ0) is 24.5. The van der Waals surface area contributed by atoms with Gasteiger partial charge in [-0.25, -0.2) is 0 Å². The van der Waals surface area contributed by atoms with Crippen LogP contribution in [0.15, 0.2) is 72.0 Å². The number of carbonyl (C=O) groups excluding carboxylic acids is 1. The molecule has 0 bridgehead atoms. The highest BCUT2D eigenvalue weighted by Crippen LogP contribution is 2.33. The van der Waals surface area contributed by atoms with Gasteiger partial charge in [0.05, 0.1) is 16.5 Å². The summed E-state index contributed by atoms with van der Waals surface area (Å²) in [6.07, 6.45) is 1.92. The summed E-state index contributed by atoms with van der Waals surface area (Å²) in [5, 5.41) is 14.6. The number of para-hydroxylation sites is 1. The van der Waals surface area contributed by atoms with Crippen molar-refractivity contribution in [1.82, 2.24) is 19.7 Å². The third-order valence-electron chi connectivity index (χ3n) is 5.58. The number of benzene rings is 3. The zero-order valence-electron chi connectivity index (χ0n) is 19.0. The molecule has 6 nitrogen and oxygen atoms in total. The highest BCUT2D eigenvalue weighted by Gasteiger charge is 2.20. The lowest BCUT2D eigenvalue weighted by atomic mass is 10.1. The van der Waals surface area contributed by atoms with E-state index in [0.717, 1.165) is 33.3 Å². The first-order chi connectivity index (χ1) is 16.9. The standard InChI is InChI=1S/C26H21Cl2N5OS/c1-15-11-16(2)24(21(28)12-15)30-23(34)14-35-26-32-31-25(33(26)18-9-7-17(27)8-10-18)20-13-29-22-6-4-3-5-19(20)22/h3-13,29H,14H2,1-2H3,(H,30,34). The molecule has 2 aromatic heterocycles. The van der Waals surface area contributed by atoms with Crippen molar-refractivity contribution in [2.75, 3.05) is 11.1 Å². The molecule has 0 unspecified atom stereocenters. The van der Waals surface area contributed by atoms with Crippen LogP contribution in [-0.4, -0.2) is 31.4 Å². The number of aryl methyl sites for hydroxylation is 2. The summed E-state index contributed by atoms with van der Waals surface area (Å²) >= 11 is 13.8. The summed E-state index contributed by atoms with van der Waals surface area (Å²) in [5.74, 6) is 0.636. The summed E-state index contributed by atoms with van der Waals surface area (Å²) < 4.78 is 1.94. The van der Waals surface area contributed by atoms with Gasteiger partial charge in [-0.05, 0) is 61.4 Å². The Balaban J connectivity index is 1.46. The maximum absolute atomic E-state index is 12.8. The number of nitrogens with one attached hydrogen (secondary N) is 2. The number of halogens is 2. The van der Waals surface area contributed by atoms with Crippen LogP contribution < -0.4 is 5.32 Å². The van der Waals surface area contributed by atoms with Crippen LogP contribution >= 0.6 is 35.0 Å². The Bertz CT molecular complexity index is 1520. The predicted molar refractivity (Wildman–Crippen MR) is 144 cm³/mol. The van der Waals surface area contributed by atoms with Gasteiger partial charge in [0.1, 0.15) is 0 Å². The molecule has 9 heteroatoms. The van der Waals surface area contributed by atoms with Crippen molar-refractivity contribution in [3.8, 4) is 17.1 Å². The van der Waals surface area contributed by atoms with Crippen LogP contribution in [0.1, 0.15) is 11.1 Å². The molecule has 0 aliphatic carbocycles. The number of fused-ring (bicyclic) bond motifs is 1. The van der Waals surface area contributed by atoms with Gasteiger partial charge in [0, 0.05) is 33.4 Å². The van der Waals surface area contributed by atoms with E-state index >= 15 is 0 Å². The van der Waals surface area contributed by atoms with Crippen molar-refractivity contribution in [2.45, 2.75) is 19.0 Å². The molecule has 1 amide bonds. The summed E-state index contributed by atoms with van der Waals surface area (Å²) in [6.45, 7) is 3.89. The lowest BCUT2D eigenvalue weighted by molar-refractivity contribution is -0.113. The van der Waals surface area contributed by atoms with E-state index in [0.29, 0.717) is 26.7 Å². The Hall–Kier alpha value is -3.26. The molecule has 0 aliphatic rings. The second kappa shape index (κ2) is 9.77. The van der Waals surface area contributed by atoms with E-state index in [9.17, 15) is 4.79 Å². The molecule has 2 heterocycles. The van der Waals surface area contributed by atoms with Crippen molar-refractivity contribution < 1.29 is 4.79 Å². The molecule has 176 valence electrons. The normalized spacial score (nSPS) is 11.2. The molecule has 0 saturated heterocycles. The molecule has 0 radical (unpaired) electrons. The summed E-state index contributed by atoms with van der Waals surface area (Å²) in [5.41, 5.74) is 5.36. The van der Waals surface area contributed by atoms with Crippen LogP contribution in [0.25, 0.3) is 28.0 Å². The topological polar surface area (TPSA) is 75.6 Å². The van der Waals surface area contributed by atoms with E-state index in [2.05, 4.69) is 20.5 Å². The zero-order valence-corrected chi connectivity index (χ0v) is 21.3. The van der Waals surface area contributed by atoms with E-state index in [4.69, 9.17) is 23.2 Å². The van der Waals surface area contributed by atoms with Crippen LogP contribution in [0.5, 0.6) is 0 Å². The number of anilines is 1. The average Bonchev–Trinajstić information content (AvgIpc) is 3.44. The monoisotopic (exact) mass is 521 g/mol.